The van der Waals surface area contributed by atoms with E-state index in [9.17, 15) is 14.9 Å². The molecule has 0 fully saturated rings. The van der Waals surface area contributed by atoms with E-state index in [-0.39, 0.29) is 10.6 Å². The molecule has 0 aliphatic heterocycles. The van der Waals surface area contributed by atoms with Crippen LogP contribution in [0.1, 0.15) is 23.0 Å². The summed E-state index contributed by atoms with van der Waals surface area (Å²) in [7, 11) is 1.73. The first-order valence-corrected chi connectivity index (χ1v) is 6.58. The number of hydrogen-bond donors (Lipinski definition) is 1. The Kier molecular flexibility index (Phi) is 4.23. The van der Waals surface area contributed by atoms with Gasteiger partial charge in [-0.15, -0.1) is 0 Å². The molecule has 1 N–H and O–H groups in total. The average molecular weight is 309 g/mol. The van der Waals surface area contributed by atoms with Crippen molar-refractivity contribution in [2.45, 2.75) is 13.3 Å². The van der Waals surface area contributed by atoms with Crippen LogP contribution >= 0.6 is 11.6 Å². The molecule has 0 saturated heterocycles. The predicted octanol–water partition coefficient (Wildman–Crippen LogP) is 2.80. The van der Waals surface area contributed by atoms with E-state index in [4.69, 9.17) is 11.6 Å². The summed E-state index contributed by atoms with van der Waals surface area (Å²) in [6, 6.07) is 4.23. The first kappa shape index (κ1) is 15.0. The summed E-state index contributed by atoms with van der Waals surface area (Å²) in [5, 5.41) is 17.8. The number of hydrogen-bond acceptors (Lipinski definition) is 4. The van der Waals surface area contributed by atoms with Gasteiger partial charge in [-0.25, -0.2) is 0 Å². The van der Waals surface area contributed by atoms with Crippen LogP contribution in [0, 0.1) is 10.1 Å². The molecule has 1 aromatic heterocycles. The van der Waals surface area contributed by atoms with Crippen LogP contribution in [-0.2, 0) is 13.5 Å². The summed E-state index contributed by atoms with van der Waals surface area (Å²) in [4.78, 5) is 22.6. The van der Waals surface area contributed by atoms with Gasteiger partial charge in [-0.05, 0) is 18.6 Å². The molecule has 0 radical (unpaired) electrons. The van der Waals surface area contributed by atoms with Crippen molar-refractivity contribution in [1.82, 2.24) is 9.78 Å². The number of anilines is 1. The minimum atomic E-state index is -0.665. The highest BCUT2D eigenvalue weighted by atomic mass is 35.5. The van der Waals surface area contributed by atoms with E-state index < -0.39 is 16.5 Å². The molecule has 1 amide bonds. The van der Waals surface area contributed by atoms with Crippen LogP contribution in [0.15, 0.2) is 24.4 Å². The third-order valence-corrected chi connectivity index (χ3v) is 3.21. The molecule has 110 valence electrons. The Bertz CT molecular complexity index is 711. The third-order valence-electron chi connectivity index (χ3n) is 2.90. The zero-order valence-corrected chi connectivity index (χ0v) is 12.2. The number of benzene rings is 1. The largest absolute Gasteiger partial charge is 0.319 e. The highest BCUT2D eigenvalue weighted by Gasteiger charge is 2.24. The lowest BCUT2D eigenvalue weighted by molar-refractivity contribution is -0.385. The van der Waals surface area contributed by atoms with Crippen molar-refractivity contribution in [3.05, 3.63) is 50.8 Å². The van der Waals surface area contributed by atoms with Gasteiger partial charge in [-0.3, -0.25) is 19.6 Å². The summed E-state index contributed by atoms with van der Waals surface area (Å²) >= 11 is 5.80. The minimum Gasteiger partial charge on any atom is -0.319 e. The maximum Gasteiger partial charge on any atom is 0.300 e. The van der Waals surface area contributed by atoms with Gasteiger partial charge in [-0.2, -0.15) is 5.10 Å². The number of halogens is 1. The number of nitrogens with zero attached hydrogens (tertiary/aromatic N) is 3. The molecule has 0 aliphatic carbocycles. The highest BCUT2D eigenvalue weighted by Crippen LogP contribution is 2.29. The van der Waals surface area contributed by atoms with Crippen molar-refractivity contribution in [2.75, 3.05) is 5.32 Å². The SMILES string of the molecule is CCc1nn(C)cc1NC(=O)c1cccc(Cl)c1[N+](=O)[O-]. The fourth-order valence-electron chi connectivity index (χ4n) is 1.97. The number of nitro groups is 1. The van der Waals surface area contributed by atoms with Gasteiger partial charge in [0, 0.05) is 13.2 Å². The molecule has 0 saturated carbocycles. The summed E-state index contributed by atoms with van der Waals surface area (Å²) in [5.74, 6) is -0.591. The van der Waals surface area contributed by atoms with Crippen molar-refractivity contribution in [1.29, 1.82) is 0 Å². The first-order chi connectivity index (χ1) is 9.93. The summed E-state index contributed by atoms with van der Waals surface area (Å²) in [6.45, 7) is 1.90. The Morgan fingerprint density at radius 3 is 2.86 bits per heavy atom. The van der Waals surface area contributed by atoms with E-state index in [1.54, 1.807) is 17.9 Å². The van der Waals surface area contributed by atoms with E-state index >= 15 is 0 Å². The zero-order chi connectivity index (χ0) is 15.6. The highest BCUT2D eigenvalue weighted by molar-refractivity contribution is 6.33. The quantitative estimate of drug-likeness (QED) is 0.694. The van der Waals surface area contributed by atoms with Crippen LogP contribution in [0.5, 0.6) is 0 Å². The lowest BCUT2D eigenvalue weighted by Gasteiger charge is -2.06. The standard InChI is InChI=1S/C13H13ClN4O3/c1-3-10-11(7-17(2)16-10)15-13(19)8-5-4-6-9(14)12(8)18(20)21/h4-7H,3H2,1-2H3,(H,15,19). The third kappa shape index (κ3) is 3.03. The van der Waals surface area contributed by atoms with Crippen molar-refractivity contribution in [2.24, 2.45) is 7.05 Å². The molecule has 1 heterocycles. The van der Waals surface area contributed by atoms with Crippen molar-refractivity contribution < 1.29 is 9.72 Å². The van der Waals surface area contributed by atoms with Gasteiger partial charge in [-0.1, -0.05) is 24.6 Å². The number of nitro benzene ring substituents is 1. The molecule has 0 bridgehead atoms. The zero-order valence-electron chi connectivity index (χ0n) is 11.5. The van der Waals surface area contributed by atoms with Crippen LogP contribution in [0.25, 0.3) is 0 Å². The number of aromatic nitrogens is 2. The molecule has 7 nitrogen and oxygen atoms in total. The van der Waals surface area contributed by atoms with Crippen molar-refractivity contribution >= 4 is 28.9 Å². The second kappa shape index (κ2) is 5.92. The van der Waals surface area contributed by atoms with Gasteiger partial charge in [0.05, 0.1) is 16.3 Å². The molecule has 1 aromatic carbocycles. The molecule has 2 aromatic rings. The van der Waals surface area contributed by atoms with Crippen LogP contribution in [0.4, 0.5) is 11.4 Å². The summed E-state index contributed by atoms with van der Waals surface area (Å²) in [5.41, 5.74) is 0.742. The molecule has 0 atom stereocenters. The normalized spacial score (nSPS) is 10.4. The number of nitrogens with one attached hydrogen (secondary N) is 1. The smallest absolute Gasteiger partial charge is 0.300 e. The Morgan fingerprint density at radius 1 is 1.52 bits per heavy atom. The Morgan fingerprint density at radius 2 is 2.24 bits per heavy atom. The maximum atomic E-state index is 12.3. The van der Waals surface area contributed by atoms with Crippen LogP contribution in [0.2, 0.25) is 5.02 Å². The van der Waals surface area contributed by atoms with Crippen LogP contribution < -0.4 is 5.32 Å². The molecule has 8 heteroatoms. The number of rotatable bonds is 4. The van der Waals surface area contributed by atoms with Gasteiger partial charge in [0.2, 0.25) is 0 Å². The van der Waals surface area contributed by atoms with Crippen LogP contribution in [0.3, 0.4) is 0 Å². The fourth-order valence-corrected chi connectivity index (χ4v) is 2.22. The van der Waals surface area contributed by atoms with E-state index in [1.807, 2.05) is 6.92 Å². The minimum absolute atomic E-state index is 0.0745. The average Bonchev–Trinajstić information content (AvgIpc) is 2.77. The Balaban J connectivity index is 2.37. The second-order valence-corrected chi connectivity index (χ2v) is 4.77. The molecule has 21 heavy (non-hydrogen) atoms. The van der Waals surface area contributed by atoms with E-state index in [0.29, 0.717) is 17.8 Å². The van der Waals surface area contributed by atoms with E-state index in [1.165, 1.54) is 18.2 Å². The predicted molar refractivity (Wildman–Crippen MR) is 78.6 cm³/mol. The fraction of sp³-hybridized carbons (Fsp3) is 0.231. The number of carbonyl (C=O) groups excluding carboxylic acids is 1. The van der Waals surface area contributed by atoms with Gasteiger partial charge >= 0.3 is 5.69 Å². The number of aryl methyl sites for hydroxylation is 2. The molecule has 2 rings (SSSR count). The molecular formula is C13H13ClN4O3. The lowest BCUT2D eigenvalue weighted by atomic mass is 10.1. The summed E-state index contributed by atoms with van der Waals surface area (Å²) in [6.07, 6.45) is 2.28. The number of amides is 1. The van der Waals surface area contributed by atoms with Crippen molar-refractivity contribution in [3.8, 4) is 0 Å². The number of carbonyl (C=O) groups is 1. The Labute approximate surface area is 125 Å². The molecule has 0 unspecified atom stereocenters. The lowest BCUT2D eigenvalue weighted by Crippen LogP contribution is -2.14. The van der Waals surface area contributed by atoms with E-state index in [2.05, 4.69) is 10.4 Å². The van der Waals surface area contributed by atoms with E-state index in [0.717, 1.165) is 0 Å². The van der Waals surface area contributed by atoms with Gasteiger partial charge in [0.1, 0.15) is 10.6 Å². The van der Waals surface area contributed by atoms with Gasteiger partial charge in [0.15, 0.2) is 0 Å². The maximum absolute atomic E-state index is 12.3. The van der Waals surface area contributed by atoms with Crippen molar-refractivity contribution in [3.63, 3.8) is 0 Å². The topological polar surface area (TPSA) is 90.1 Å². The summed E-state index contributed by atoms with van der Waals surface area (Å²) < 4.78 is 1.57. The molecular weight excluding hydrogens is 296 g/mol. The Hall–Kier alpha value is -2.41. The van der Waals surface area contributed by atoms with Crippen LogP contribution in [-0.4, -0.2) is 20.6 Å². The molecule has 0 spiro atoms. The monoisotopic (exact) mass is 308 g/mol. The first-order valence-electron chi connectivity index (χ1n) is 6.20. The number of para-hydroxylation sites is 1. The molecule has 0 aliphatic rings. The van der Waals surface area contributed by atoms with Gasteiger partial charge in [0.25, 0.3) is 5.91 Å². The second-order valence-electron chi connectivity index (χ2n) is 4.36. The van der Waals surface area contributed by atoms with Gasteiger partial charge < -0.3 is 5.32 Å².